The van der Waals surface area contributed by atoms with Crippen molar-refractivity contribution in [1.29, 1.82) is 0 Å². The van der Waals surface area contributed by atoms with Crippen LogP contribution in [0.2, 0.25) is 0 Å². The van der Waals surface area contributed by atoms with Crippen molar-refractivity contribution in [3.63, 3.8) is 0 Å². The van der Waals surface area contributed by atoms with Crippen molar-refractivity contribution in [2.24, 2.45) is 4.99 Å². The van der Waals surface area contributed by atoms with Gasteiger partial charge in [0.2, 0.25) is 0 Å². The molecule has 0 saturated carbocycles. The average Bonchev–Trinajstić information content (AvgIpc) is 2.53. The molecule has 8 heteroatoms. The maximum absolute atomic E-state index is 14.3. The van der Waals surface area contributed by atoms with Crippen LogP contribution in [0, 0.1) is 5.82 Å². The summed E-state index contributed by atoms with van der Waals surface area (Å²) in [6, 6.07) is 2.50. The number of benzene rings is 1. The Kier molecular flexibility index (Phi) is 7.55. The van der Waals surface area contributed by atoms with E-state index in [-0.39, 0.29) is 35.8 Å². The molecule has 0 bridgehead atoms. The molecule has 0 aliphatic heterocycles. The predicted molar refractivity (Wildman–Crippen MR) is 93.5 cm³/mol. The van der Waals surface area contributed by atoms with Gasteiger partial charge in [-0.05, 0) is 39.3 Å². The van der Waals surface area contributed by atoms with Gasteiger partial charge >= 0.3 is 12.1 Å². The Bertz CT molecular complexity index is 694. The second kappa shape index (κ2) is 9.17. The standard InChI is InChI=1S/C18H24FNO6/c1-7-25-16(21)13(20-17(22)26-18(2,3)4)8-11-9-14(23-5)15(24-6)10-12(11)19/h9-10H,7-8H2,1-6H3. The van der Waals surface area contributed by atoms with Gasteiger partial charge in [0.05, 0.1) is 20.8 Å². The molecule has 0 aliphatic rings. The predicted octanol–water partition coefficient (Wildman–Crippen LogP) is 3.32. The summed E-state index contributed by atoms with van der Waals surface area (Å²) in [6.07, 6.45) is -1.23. The molecule has 0 N–H and O–H groups in total. The first-order valence-electron chi connectivity index (χ1n) is 7.99. The number of esters is 1. The van der Waals surface area contributed by atoms with Crippen LogP contribution in [-0.2, 0) is 20.7 Å². The molecule has 7 nitrogen and oxygen atoms in total. The molecule has 0 fully saturated rings. The summed E-state index contributed by atoms with van der Waals surface area (Å²) in [7, 11) is 2.78. The number of methoxy groups -OCH3 is 2. The molecular formula is C18H24FNO6. The Morgan fingerprint density at radius 2 is 1.69 bits per heavy atom. The molecule has 1 aromatic carbocycles. The van der Waals surface area contributed by atoms with Gasteiger partial charge in [-0.3, -0.25) is 0 Å². The lowest BCUT2D eigenvalue weighted by Crippen LogP contribution is -2.26. The Balaban J connectivity index is 3.21. The zero-order chi connectivity index (χ0) is 19.9. The molecule has 1 rings (SSSR count). The van der Waals surface area contributed by atoms with Crippen LogP contribution in [0.25, 0.3) is 0 Å². The number of rotatable bonds is 6. The molecule has 0 saturated heterocycles. The Hall–Kier alpha value is -2.64. The van der Waals surface area contributed by atoms with Gasteiger partial charge in [0.15, 0.2) is 11.5 Å². The Morgan fingerprint density at radius 1 is 1.12 bits per heavy atom. The monoisotopic (exact) mass is 369 g/mol. The molecule has 0 aromatic heterocycles. The number of halogens is 1. The number of amides is 1. The van der Waals surface area contributed by atoms with Crippen molar-refractivity contribution in [2.75, 3.05) is 20.8 Å². The average molecular weight is 369 g/mol. The molecule has 0 radical (unpaired) electrons. The maximum Gasteiger partial charge on any atom is 0.434 e. The highest BCUT2D eigenvalue weighted by Gasteiger charge is 2.22. The quantitative estimate of drug-likeness (QED) is 0.565. The van der Waals surface area contributed by atoms with Crippen LogP contribution in [0.1, 0.15) is 33.3 Å². The van der Waals surface area contributed by atoms with Gasteiger partial charge in [-0.15, -0.1) is 0 Å². The highest BCUT2D eigenvalue weighted by atomic mass is 19.1. The van der Waals surface area contributed by atoms with Crippen LogP contribution in [0.5, 0.6) is 11.5 Å². The number of hydrogen-bond donors (Lipinski definition) is 0. The van der Waals surface area contributed by atoms with Gasteiger partial charge in [-0.1, -0.05) is 0 Å². The summed E-state index contributed by atoms with van der Waals surface area (Å²) in [5.74, 6) is -0.976. The van der Waals surface area contributed by atoms with E-state index in [9.17, 15) is 14.0 Å². The highest BCUT2D eigenvalue weighted by molar-refractivity contribution is 6.38. The van der Waals surface area contributed by atoms with Crippen LogP contribution in [-0.4, -0.2) is 44.2 Å². The molecule has 26 heavy (non-hydrogen) atoms. The molecule has 0 atom stereocenters. The van der Waals surface area contributed by atoms with Crippen molar-refractivity contribution in [2.45, 2.75) is 39.7 Å². The van der Waals surface area contributed by atoms with E-state index >= 15 is 0 Å². The number of hydrogen-bond acceptors (Lipinski definition) is 6. The number of ether oxygens (including phenoxy) is 4. The highest BCUT2D eigenvalue weighted by Crippen LogP contribution is 2.30. The van der Waals surface area contributed by atoms with Gasteiger partial charge < -0.3 is 18.9 Å². The van der Waals surface area contributed by atoms with Gasteiger partial charge in [0, 0.05) is 12.5 Å². The molecule has 1 aromatic rings. The van der Waals surface area contributed by atoms with Crippen molar-refractivity contribution >= 4 is 17.8 Å². The molecule has 0 heterocycles. The van der Waals surface area contributed by atoms with Gasteiger partial charge in [-0.25, -0.2) is 14.0 Å². The largest absolute Gasteiger partial charge is 0.493 e. The molecule has 1 amide bonds. The fourth-order valence-corrected chi connectivity index (χ4v) is 1.98. The molecule has 144 valence electrons. The fraction of sp³-hybridized carbons (Fsp3) is 0.500. The summed E-state index contributed by atoms with van der Waals surface area (Å²) in [4.78, 5) is 27.7. The zero-order valence-electron chi connectivity index (χ0n) is 15.8. The smallest absolute Gasteiger partial charge is 0.434 e. The normalized spacial score (nSPS) is 11.7. The summed E-state index contributed by atoms with van der Waals surface area (Å²) in [5, 5.41) is 0. The lowest BCUT2D eigenvalue weighted by atomic mass is 10.1. The third kappa shape index (κ3) is 6.34. The second-order valence-corrected chi connectivity index (χ2v) is 6.23. The van der Waals surface area contributed by atoms with Crippen molar-refractivity contribution in [1.82, 2.24) is 0 Å². The van der Waals surface area contributed by atoms with E-state index in [4.69, 9.17) is 18.9 Å². The van der Waals surface area contributed by atoms with E-state index < -0.39 is 23.5 Å². The van der Waals surface area contributed by atoms with Crippen LogP contribution in [0.4, 0.5) is 9.18 Å². The van der Waals surface area contributed by atoms with Crippen LogP contribution < -0.4 is 9.47 Å². The SMILES string of the molecule is CCOC(=O)C(Cc1cc(OC)c(OC)cc1F)=NC(=O)OC(C)(C)C. The van der Waals surface area contributed by atoms with Gasteiger partial charge in [0.1, 0.15) is 17.1 Å². The number of aliphatic imine (C=N–C) groups is 1. The van der Waals surface area contributed by atoms with Crippen LogP contribution in [0.15, 0.2) is 17.1 Å². The summed E-state index contributed by atoms with van der Waals surface area (Å²) in [5.41, 5.74) is -0.959. The second-order valence-electron chi connectivity index (χ2n) is 6.23. The lowest BCUT2D eigenvalue weighted by Gasteiger charge is -2.17. The van der Waals surface area contributed by atoms with E-state index in [0.29, 0.717) is 0 Å². The summed E-state index contributed by atoms with van der Waals surface area (Å²) >= 11 is 0. The lowest BCUT2D eigenvalue weighted by molar-refractivity contribution is -0.135. The van der Waals surface area contributed by atoms with Crippen LogP contribution >= 0.6 is 0 Å². The molecular weight excluding hydrogens is 345 g/mol. The molecule has 0 aliphatic carbocycles. The minimum Gasteiger partial charge on any atom is -0.493 e. The summed E-state index contributed by atoms with van der Waals surface area (Å²) < 4.78 is 34.4. The first-order chi connectivity index (χ1) is 12.1. The Labute approximate surface area is 152 Å². The topological polar surface area (TPSA) is 83.4 Å². The zero-order valence-corrected chi connectivity index (χ0v) is 15.8. The van der Waals surface area contributed by atoms with Crippen LogP contribution in [0.3, 0.4) is 0 Å². The number of carbonyl (C=O) groups excluding carboxylic acids is 2. The molecule has 0 unspecified atom stereocenters. The van der Waals surface area contributed by atoms with Gasteiger partial charge in [0.25, 0.3) is 0 Å². The minimum atomic E-state index is -0.957. The maximum atomic E-state index is 14.3. The summed E-state index contributed by atoms with van der Waals surface area (Å²) in [6.45, 7) is 6.69. The number of carbonyl (C=O) groups is 2. The van der Waals surface area contributed by atoms with Crippen molar-refractivity contribution < 1.29 is 32.9 Å². The van der Waals surface area contributed by atoms with E-state index in [0.717, 1.165) is 6.07 Å². The van der Waals surface area contributed by atoms with E-state index in [1.165, 1.54) is 20.3 Å². The first-order valence-corrected chi connectivity index (χ1v) is 7.99. The first kappa shape index (κ1) is 21.4. The van der Waals surface area contributed by atoms with Crippen molar-refractivity contribution in [3.05, 3.63) is 23.5 Å². The minimum absolute atomic E-state index is 0.0839. The van der Waals surface area contributed by atoms with E-state index in [1.807, 2.05) is 0 Å². The van der Waals surface area contributed by atoms with E-state index in [2.05, 4.69) is 4.99 Å². The third-order valence-corrected chi connectivity index (χ3v) is 3.04. The fourth-order valence-electron chi connectivity index (χ4n) is 1.98. The van der Waals surface area contributed by atoms with Crippen molar-refractivity contribution in [3.8, 4) is 11.5 Å². The number of nitrogens with zero attached hydrogens (tertiary/aromatic N) is 1. The Morgan fingerprint density at radius 3 is 2.19 bits per heavy atom. The molecule has 0 spiro atoms. The van der Waals surface area contributed by atoms with E-state index in [1.54, 1.807) is 27.7 Å². The third-order valence-electron chi connectivity index (χ3n) is 3.04. The van der Waals surface area contributed by atoms with Gasteiger partial charge in [-0.2, -0.15) is 4.99 Å².